The van der Waals surface area contributed by atoms with Gasteiger partial charge in [0.1, 0.15) is 0 Å². The third-order valence-electron chi connectivity index (χ3n) is 2.99. The van der Waals surface area contributed by atoms with E-state index in [-0.39, 0.29) is 29.1 Å². The Morgan fingerprint density at radius 2 is 1.76 bits per heavy atom. The minimum atomic E-state index is -3.66. The number of hydrogen-bond acceptors (Lipinski definition) is 4. The molecular weight excluding hydrogens is 314 g/mol. The van der Waals surface area contributed by atoms with E-state index in [1.165, 1.54) is 12.1 Å². The fraction of sp³-hybridized carbons (Fsp3) is 0.462. The fourth-order valence-electron chi connectivity index (χ4n) is 1.60. The summed E-state index contributed by atoms with van der Waals surface area (Å²) in [5.41, 5.74) is 6.63. The highest BCUT2D eigenvalue weighted by Crippen LogP contribution is 2.09. The molecule has 0 aromatic heterocycles. The van der Waals surface area contributed by atoms with Gasteiger partial charge in [-0.05, 0) is 30.0 Å². The Kier molecular flexibility index (Phi) is 7.87. The maximum atomic E-state index is 11.6. The van der Waals surface area contributed by atoms with Crippen molar-refractivity contribution in [3.63, 3.8) is 0 Å². The van der Waals surface area contributed by atoms with Crippen molar-refractivity contribution in [3.05, 3.63) is 29.8 Å². The predicted molar refractivity (Wildman–Crippen MR) is 84.6 cm³/mol. The summed E-state index contributed by atoms with van der Waals surface area (Å²) in [6.45, 7) is 4.22. The molecule has 1 aromatic carbocycles. The highest BCUT2D eigenvalue weighted by Gasteiger charge is 2.16. The SMILES string of the molecule is CC(C)[C@H](N)C(=O)NCCc1ccc(S(N)(=O)=O)cc1.Cl. The van der Waals surface area contributed by atoms with Crippen LogP contribution in [0.15, 0.2) is 29.2 Å². The van der Waals surface area contributed by atoms with Crippen molar-refractivity contribution in [2.45, 2.75) is 31.2 Å². The van der Waals surface area contributed by atoms with Crippen molar-refractivity contribution in [2.24, 2.45) is 16.8 Å². The lowest BCUT2D eigenvalue weighted by Crippen LogP contribution is -2.44. The number of rotatable bonds is 6. The molecule has 0 radical (unpaired) electrons. The van der Waals surface area contributed by atoms with Crippen LogP contribution in [0.5, 0.6) is 0 Å². The van der Waals surface area contributed by atoms with Gasteiger partial charge in [0.2, 0.25) is 15.9 Å². The Balaban J connectivity index is 0.00000400. The largest absolute Gasteiger partial charge is 0.354 e. The van der Waals surface area contributed by atoms with Gasteiger partial charge in [0.25, 0.3) is 0 Å². The van der Waals surface area contributed by atoms with Gasteiger partial charge in [-0.3, -0.25) is 4.79 Å². The maximum Gasteiger partial charge on any atom is 0.238 e. The van der Waals surface area contributed by atoms with Gasteiger partial charge in [-0.15, -0.1) is 12.4 Å². The molecule has 0 unspecified atom stereocenters. The van der Waals surface area contributed by atoms with Crippen molar-refractivity contribution in [1.82, 2.24) is 5.32 Å². The van der Waals surface area contributed by atoms with Gasteiger partial charge in [-0.1, -0.05) is 26.0 Å². The number of primary sulfonamides is 1. The molecule has 0 aliphatic heterocycles. The zero-order chi connectivity index (χ0) is 15.3. The highest BCUT2D eigenvalue weighted by atomic mass is 35.5. The van der Waals surface area contributed by atoms with Crippen molar-refractivity contribution >= 4 is 28.3 Å². The molecule has 1 amide bonds. The molecule has 120 valence electrons. The van der Waals surface area contributed by atoms with Crippen LogP contribution in [-0.4, -0.2) is 26.9 Å². The Morgan fingerprint density at radius 1 is 1.24 bits per heavy atom. The summed E-state index contributed by atoms with van der Waals surface area (Å²) in [5, 5.41) is 7.76. The van der Waals surface area contributed by atoms with E-state index in [1.54, 1.807) is 12.1 Å². The first-order chi connectivity index (χ1) is 9.21. The standard InChI is InChI=1S/C13H21N3O3S.ClH/c1-9(2)12(14)13(17)16-8-7-10-3-5-11(6-4-10)20(15,18)19;/h3-6,9,12H,7-8,14H2,1-2H3,(H,16,17)(H2,15,18,19);1H/t12-;/m0./s1. The maximum absolute atomic E-state index is 11.6. The van der Waals surface area contributed by atoms with Crippen LogP contribution in [0.2, 0.25) is 0 Å². The molecule has 0 aliphatic rings. The molecule has 1 rings (SSSR count). The molecule has 21 heavy (non-hydrogen) atoms. The van der Waals surface area contributed by atoms with E-state index < -0.39 is 16.1 Å². The summed E-state index contributed by atoms with van der Waals surface area (Å²) in [5.74, 6) is -0.0924. The van der Waals surface area contributed by atoms with E-state index in [4.69, 9.17) is 10.9 Å². The first-order valence-electron chi connectivity index (χ1n) is 6.37. The Labute approximate surface area is 131 Å². The number of nitrogens with one attached hydrogen (secondary N) is 1. The quantitative estimate of drug-likeness (QED) is 0.697. The van der Waals surface area contributed by atoms with E-state index in [2.05, 4.69) is 5.32 Å². The molecule has 0 saturated carbocycles. The topological polar surface area (TPSA) is 115 Å². The summed E-state index contributed by atoms with van der Waals surface area (Å²) in [7, 11) is -3.66. The molecule has 1 aromatic rings. The van der Waals surface area contributed by atoms with Gasteiger partial charge < -0.3 is 11.1 Å². The van der Waals surface area contributed by atoms with Crippen molar-refractivity contribution in [1.29, 1.82) is 0 Å². The molecule has 0 saturated heterocycles. The van der Waals surface area contributed by atoms with Crippen LogP contribution in [0.3, 0.4) is 0 Å². The number of hydrogen-bond donors (Lipinski definition) is 3. The van der Waals surface area contributed by atoms with E-state index in [0.29, 0.717) is 13.0 Å². The molecular formula is C13H22ClN3O3S. The minimum absolute atomic E-state index is 0. The number of nitrogens with two attached hydrogens (primary N) is 2. The lowest BCUT2D eigenvalue weighted by atomic mass is 10.0. The van der Waals surface area contributed by atoms with Crippen LogP contribution in [0, 0.1) is 5.92 Å². The Bertz CT molecular complexity index is 559. The lowest BCUT2D eigenvalue weighted by molar-refractivity contribution is -0.123. The first kappa shape index (κ1) is 19.9. The van der Waals surface area contributed by atoms with Crippen molar-refractivity contribution in [2.75, 3.05) is 6.54 Å². The Morgan fingerprint density at radius 3 is 2.19 bits per heavy atom. The number of carbonyl (C=O) groups is 1. The predicted octanol–water partition coefficient (Wildman–Crippen LogP) is 0.398. The van der Waals surface area contributed by atoms with E-state index in [9.17, 15) is 13.2 Å². The number of benzene rings is 1. The molecule has 5 N–H and O–H groups in total. The number of carbonyl (C=O) groups excluding carboxylic acids is 1. The van der Waals surface area contributed by atoms with Gasteiger partial charge >= 0.3 is 0 Å². The van der Waals surface area contributed by atoms with Crippen LogP contribution in [0.25, 0.3) is 0 Å². The van der Waals surface area contributed by atoms with Crippen LogP contribution in [-0.2, 0) is 21.2 Å². The zero-order valence-electron chi connectivity index (χ0n) is 12.1. The normalized spacial score (nSPS) is 12.6. The third-order valence-corrected chi connectivity index (χ3v) is 3.92. The molecule has 0 fully saturated rings. The molecule has 1 atom stereocenters. The zero-order valence-corrected chi connectivity index (χ0v) is 13.7. The second kappa shape index (κ2) is 8.33. The fourth-order valence-corrected chi connectivity index (χ4v) is 2.11. The smallest absolute Gasteiger partial charge is 0.238 e. The summed E-state index contributed by atoms with van der Waals surface area (Å²) in [6, 6.07) is 5.74. The lowest BCUT2D eigenvalue weighted by Gasteiger charge is -2.15. The van der Waals surface area contributed by atoms with E-state index in [1.807, 2.05) is 13.8 Å². The second-order valence-electron chi connectivity index (χ2n) is 5.00. The third kappa shape index (κ3) is 6.43. The molecule has 0 aliphatic carbocycles. The average molecular weight is 336 g/mol. The molecule has 0 bridgehead atoms. The van der Waals surface area contributed by atoms with Crippen LogP contribution < -0.4 is 16.2 Å². The summed E-state index contributed by atoms with van der Waals surface area (Å²) in [4.78, 5) is 11.7. The Hall–Kier alpha value is -1.15. The van der Waals surface area contributed by atoms with Gasteiger partial charge in [0, 0.05) is 6.54 Å². The summed E-state index contributed by atoms with van der Waals surface area (Å²) >= 11 is 0. The minimum Gasteiger partial charge on any atom is -0.354 e. The molecule has 0 spiro atoms. The second-order valence-corrected chi connectivity index (χ2v) is 6.56. The number of halogens is 1. The molecule has 6 nitrogen and oxygen atoms in total. The summed E-state index contributed by atoms with van der Waals surface area (Å²) < 4.78 is 22.2. The van der Waals surface area contributed by atoms with Crippen molar-refractivity contribution in [3.8, 4) is 0 Å². The van der Waals surface area contributed by atoms with E-state index in [0.717, 1.165) is 5.56 Å². The van der Waals surface area contributed by atoms with Gasteiger partial charge in [-0.2, -0.15) is 0 Å². The molecule has 8 heteroatoms. The highest BCUT2D eigenvalue weighted by molar-refractivity contribution is 7.89. The summed E-state index contributed by atoms with van der Waals surface area (Å²) in [6.07, 6.45) is 0.599. The van der Waals surface area contributed by atoms with E-state index >= 15 is 0 Å². The average Bonchev–Trinajstić information content (AvgIpc) is 2.37. The van der Waals surface area contributed by atoms with Crippen LogP contribution in [0.1, 0.15) is 19.4 Å². The van der Waals surface area contributed by atoms with Crippen LogP contribution in [0.4, 0.5) is 0 Å². The van der Waals surface area contributed by atoms with Gasteiger partial charge in [-0.25, -0.2) is 13.6 Å². The number of sulfonamides is 1. The monoisotopic (exact) mass is 335 g/mol. The van der Waals surface area contributed by atoms with Crippen molar-refractivity contribution < 1.29 is 13.2 Å². The van der Waals surface area contributed by atoms with Gasteiger partial charge in [0.05, 0.1) is 10.9 Å². The first-order valence-corrected chi connectivity index (χ1v) is 7.91. The van der Waals surface area contributed by atoms with Crippen LogP contribution >= 0.6 is 12.4 Å². The van der Waals surface area contributed by atoms with Gasteiger partial charge in [0.15, 0.2) is 0 Å². The molecule has 0 heterocycles. The number of amides is 1.